The van der Waals surface area contributed by atoms with Gasteiger partial charge < -0.3 is 14.4 Å². The highest BCUT2D eigenvalue weighted by Gasteiger charge is 2.29. The average molecular weight is 236 g/mol. The molecule has 15 heavy (non-hydrogen) atoms. The minimum absolute atomic E-state index is 0.0681. The van der Waals surface area contributed by atoms with E-state index in [1.165, 1.54) is 0 Å². The smallest absolute Gasteiger partial charge is 0.224 e. The third kappa shape index (κ3) is 3.97. The summed E-state index contributed by atoms with van der Waals surface area (Å²) < 4.78 is 10.7. The molecule has 1 atom stereocenters. The van der Waals surface area contributed by atoms with E-state index in [0.29, 0.717) is 32.7 Å². The van der Waals surface area contributed by atoms with Gasteiger partial charge in [0.1, 0.15) is 0 Å². The number of hydrogen-bond acceptors (Lipinski definition) is 3. The first-order valence-corrected chi connectivity index (χ1v) is 5.76. The predicted octanol–water partition coefficient (Wildman–Crippen LogP) is 1.23. The van der Waals surface area contributed by atoms with Gasteiger partial charge in [-0.3, -0.25) is 4.79 Å². The van der Waals surface area contributed by atoms with Crippen LogP contribution in [0.15, 0.2) is 0 Å². The molecule has 0 aromatic carbocycles. The van der Waals surface area contributed by atoms with Crippen LogP contribution in [0.4, 0.5) is 0 Å². The molecular weight excluding hydrogens is 218 g/mol. The first-order valence-electron chi connectivity index (χ1n) is 5.32. The van der Waals surface area contributed by atoms with Crippen LogP contribution in [-0.2, 0) is 14.3 Å². The van der Waals surface area contributed by atoms with Crippen molar-refractivity contribution in [2.75, 3.05) is 26.3 Å². The molecule has 1 aliphatic heterocycles. The van der Waals surface area contributed by atoms with Crippen molar-refractivity contribution in [3.05, 3.63) is 0 Å². The molecule has 1 aliphatic rings. The third-order valence-electron chi connectivity index (χ3n) is 2.24. The average Bonchev–Trinajstić information content (AvgIpc) is 2.46. The van der Waals surface area contributed by atoms with Gasteiger partial charge in [0, 0.05) is 26.2 Å². The van der Waals surface area contributed by atoms with Crippen molar-refractivity contribution in [1.29, 1.82) is 0 Å². The van der Waals surface area contributed by atoms with Gasteiger partial charge in [0.05, 0.1) is 11.9 Å². The van der Waals surface area contributed by atoms with Crippen LogP contribution in [0.25, 0.3) is 0 Å². The van der Waals surface area contributed by atoms with Gasteiger partial charge in [-0.25, -0.2) is 0 Å². The Labute approximate surface area is 95.5 Å². The molecule has 1 saturated heterocycles. The number of rotatable bonds is 6. The van der Waals surface area contributed by atoms with Gasteiger partial charge in [-0.05, 0) is 13.8 Å². The molecule has 0 saturated carbocycles. The summed E-state index contributed by atoms with van der Waals surface area (Å²) in [6, 6.07) is 0. The number of hydrogen-bond donors (Lipinski definition) is 0. The SMILES string of the molecule is CCOC(CN1CC(Cl)CC1=O)OCC. The van der Waals surface area contributed by atoms with Crippen molar-refractivity contribution in [3.63, 3.8) is 0 Å². The maximum atomic E-state index is 11.5. The van der Waals surface area contributed by atoms with E-state index in [1.54, 1.807) is 4.90 Å². The van der Waals surface area contributed by atoms with Crippen molar-refractivity contribution in [2.45, 2.75) is 31.9 Å². The van der Waals surface area contributed by atoms with Crippen LogP contribution in [0.3, 0.4) is 0 Å². The van der Waals surface area contributed by atoms with Gasteiger partial charge in [-0.2, -0.15) is 0 Å². The Morgan fingerprint density at radius 2 is 2.07 bits per heavy atom. The largest absolute Gasteiger partial charge is 0.351 e. The fourth-order valence-electron chi connectivity index (χ4n) is 1.61. The molecule has 1 heterocycles. The van der Waals surface area contributed by atoms with Crippen molar-refractivity contribution < 1.29 is 14.3 Å². The quantitative estimate of drug-likeness (QED) is 0.514. The van der Waals surface area contributed by atoms with E-state index in [4.69, 9.17) is 21.1 Å². The normalized spacial score (nSPS) is 21.7. The van der Waals surface area contributed by atoms with Gasteiger partial charge in [0.15, 0.2) is 6.29 Å². The molecule has 0 aromatic rings. The van der Waals surface area contributed by atoms with E-state index in [9.17, 15) is 4.79 Å². The van der Waals surface area contributed by atoms with Crippen LogP contribution in [0, 0.1) is 0 Å². The Hall–Kier alpha value is -0.320. The van der Waals surface area contributed by atoms with Gasteiger partial charge in [0.2, 0.25) is 5.91 Å². The molecule has 1 unspecified atom stereocenters. The molecule has 5 heteroatoms. The Kier molecular flexibility index (Phi) is 5.36. The van der Waals surface area contributed by atoms with E-state index < -0.39 is 0 Å². The number of alkyl halides is 1. The number of likely N-dealkylation sites (tertiary alicyclic amines) is 1. The van der Waals surface area contributed by atoms with Gasteiger partial charge in [-0.15, -0.1) is 11.6 Å². The summed E-state index contributed by atoms with van der Waals surface area (Å²) in [5, 5.41) is -0.0681. The highest BCUT2D eigenvalue weighted by atomic mass is 35.5. The molecule has 0 spiro atoms. The summed E-state index contributed by atoms with van der Waals surface area (Å²) in [4.78, 5) is 13.2. The Morgan fingerprint density at radius 1 is 1.47 bits per heavy atom. The second kappa shape index (κ2) is 6.30. The van der Waals surface area contributed by atoms with E-state index in [1.807, 2.05) is 13.8 Å². The van der Waals surface area contributed by atoms with Crippen LogP contribution in [0.1, 0.15) is 20.3 Å². The lowest BCUT2D eigenvalue weighted by Gasteiger charge is -2.23. The predicted molar refractivity (Wildman–Crippen MR) is 57.9 cm³/mol. The number of carbonyl (C=O) groups is 1. The second-order valence-corrected chi connectivity index (χ2v) is 4.06. The second-order valence-electron chi connectivity index (χ2n) is 3.44. The number of ether oxygens (including phenoxy) is 2. The third-order valence-corrected chi connectivity index (χ3v) is 2.53. The maximum Gasteiger partial charge on any atom is 0.224 e. The molecule has 0 aliphatic carbocycles. The summed E-state index contributed by atoms with van der Waals surface area (Å²) in [6.07, 6.45) is 0.0953. The molecule has 1 amide bonds. The summed E-state index contributed by atoms with van der Waals surface area (Å²) in [5.74, 6) is 0.0828. The van der Waals surface area contributed by atoms with Crippen molar-refractivity contribution >= 4 is 17.5 Å². The van der Waals surface area contributed by atoms with E-state index in [0.717, 1.165) is 0 Å². The number of amides is 1. The molecule has 4 nitrogen and oxygen atoms in total. The zero-order valence-electron chi connectivity index (χ0n) is 9.24. The lowest BCUT2D eigenvalue weighted by molar-refractivity contribution is -0.155. The Morgan fingerprint density at radius 3 is 2.47 bits per heavy atom. The lowest BCUT2D eigenvalue weighted by atomic mass is 10.4. The van der Waals surface area contributed by atoms with Crippen LogP contribution in [-0.4, -0.2) is 48.8 Å². The van der Waals surface area contributed by atoms with E-state index in [2.05, 4.69) is 0 Å². The van der Waals surface area contributed by atoms with E-state index in [-0.39, 0.29) is 17.6 Å². The zero-order valence-corrected chi connectivity index (χ0v) is 10.00. The van der Waals surface area contributed by atoms with E-state index >= 15 is 0 Å². The molecule has 0 bridgehead atoms. The van der Waals surface area contributed by atoms with Crippen LogP contribution in [0.5, 0.6) is 0 Å². The molecule has 0 radical (unpaired) electrons. The fourth-order valence-corrected chi connectivity index (χ4v) is 1.90. The van der Waals surface area contributed by atoms with Crippen LogP contribution < -0.4 is 0 Å². The number of carbonyl (C=O) groups excluding carboxylic acids is 1. The number of nitrogens with zero attached hydrogens (tertiary/aromatic N) is 1. The van der Waals surface area contributed by atoms with Crippen molar-refractivity contribution in [3.8, 4) is 0 Å². The molecule has 0 N–H and O–H groups in total. The highest BCUT2D eigenvalue weighted by molar-refractivity contribution is 6.22. The summed E-state index contributed by atoms with van der Waals surface area (Å²) in [6.45, 7) is 6.04. The van der Waals surface area contributed by atoms with Crippen LogP contribution >= 0.6 is 11.6 Å². The Bertz CT molecular complexity index is 207. The molecule has 1 fully saturated rings. The van der Waals surface area contributed by atoms with Crippen molar-refractivity contribution in [1.82, 2.24) is 4.90 Å². The minimum atomic E-state index is -0.328. The molecular formula is C10H18ClNO3. The summed E-state index contributed by atoms with van der Waals surface area (Å²) >= 11 is 5.90. The first-order chi connectivity index (χ1) is 7.17. The monoisotopic (exact) mass is 235 g/mol. The van der Waals surface area contributed by atoms with Gasteiger partial charge >= 0.3 is 0 Å². The highest BCUT2D eigenvalue weighted by Crippen LogP contribution is 2.17. The topological polar surface area (TPSA) is 38.8 Å². The molecule has 0 aromatic heterocycles. The van der Waals surface area contributed by atoms with Gasteiger partial charge in [-0.1, -0.05) is 0 Å². The fraction of sp³-hybridized carbons (Fsp3) is 0.900. The standard InChI is InChI=1S/C10H18ClNO3/c1-3-14-10(15-4-2)7-12-6-8(11)5-9(12)13/h8,10H,3-7H2,1-2H3. The van der Waals surface area contributed by atoms with Crippen LogP contribution in [0.2, 0.25) is 0 Å². The minimum Gasteiger partial charge on any atom is -0.351 e. The maximum absolute atomic E-state index is 11.5. The molecule has 88 valence electrons. The molecule has 1 rings (SSSR count). The summed E-state index contributed by atoms with van der Waals surface area (Å²) in [7, 11) is 0. The summed E-state index contributed by atoms with van der Waals surface area (Å²) in [5.41, 5.74) is 0. The zero-order chi connectivity index (χ0) is 11.3. The van der Waals surface area contributed by atoms with Crippen molar-refractivity contribution in [2.24, 2.45) is 0 Å². The number of halogens is 1. The lowest BCUT2D eigenvalue weighted by Crippen LogP contribution is -2.36. The Balaban J connectivity index is 2.39. The van der Waals surface area contributed by atoms with Gasteiger partial charge in [0.25, 0.3) is 0 Å². The first kappa shape index (κ1) is 12.7.